The summed E-state index contributed by atoms with van der Waals surface area (Å²) in [5.74, 6) is -1.27. The fraction of sp³-hybridized carbons (Fsp3) is 0. The first kappa shape index (κ1) is 13.1. The van der Waals surface area contributed by atoms with Gasteiger partial charge in [-0.2, -0.15) is 8.42 Å². The van der Waals surface area contributed by atoms with Crippen LogP contribution in [0.2, 0.25) is 0 Å². The summed E-state index contributed by atoms with van der Waals surface area (Å²) in [7, 11) is -4.41. The molecule has 7 heteroatoms. The van der Waals surface area contributed by atoms with Gasteiger partial charge >= 0.3 is 5.97 Å². The van der Waals surface area contributed by atoms with E-state index in [9.17, 15) is 18.0 Å². The average molecular weight is 256 g/mol. The Bertz CT molecular complexity index is 585. The van der Waals surface area contributed by atoms with Crippen molar-refractivity contribution in [2.75, 3.05) is 0 Å². The van der Waals surface area contributed by atoms with Gasteiger partial charge in [0, 0.05) is 0 Å². The maximum atomic E-state index is 10.9. The average Bonchev–Trinajstić information content (AvgIpc) is 2.24. The summed E-state index contributed by atoms with van der Waals surface area (Å²) in [6.45, 7) is 0. The maximum absolute atomic E-state index is 10.9. The van der Waals surface area contributed by atoms with Crippen LogP contribution in [0.25, 0.3) is 6.08 Å². The predicted octanol–water partition coefficient (Wildman–Crippen LogP) is 0.844. The van der Waals surface area contributed by atoms with Gasteiger partial charge < -0.3 is 5.11 Å². The molecule has 90 valence electrons. The zero-order valence-electron chi connectivity index (χ0n) is 8.40. The van der Waals surface area contributed by atoms with Crippen LogP contribution in [0.15, 0.2) is 29.2 Å². The summed E-state index contributed by atoms with van der Waals surface area (Å²) in [5, 5.41) is 8.82. The van der Waals surface area contributed by atoms with Crippen molar-refractivity contribution in [1.82, 2.24) is 0 Å². The lowest BCUT2D eigenvalue weighted by molar-refractivity contribution is -0.104. The zero-order chi connectivity index (χ0) is 13.1. The first-order valence-electron chi connectivity index (χ1n) is 4.33. The lowest BCUT2D eigenvalue weighted by atomic mass is 10.1. The number of carboxylic acids is 1. The number of carbonyl (C=O) groups is 2. The minimum Gasteiger partial charge on any atom is -0.478 e. The van der Waals surface area contributed by atoms with Crippen molar-refractivity contribution in [3.05, 3.63) is 35.4 Å². The number of hydrogen-bond acceptors (Lipinski definition) is 4. The van der Waals surface area contributed by atoms with Crippen molar-refractivity contribution in [2.45, 2.75) is 4.90 Å². The van der Waals surface area contributed by atoms with Gasteiger partial charge in [0.25, 0.3) is 10.1 Å². The van der Waals surface area contributed by atoms with Crippen LogP contribution < -0.4 is 0 Å². The van der Waals surface area contributed by atoms with Crippen molar-refractivity contribution in [3.63, 3.8) is 0 Å². The van der Waals surface area contributed by atoms with Gasteiger partial charge in [-0.1, -0.05) is 6.08 Å². The molecule has 0 fully saturated rings. The van der Waals surface area contributed by atoms with Crippen molar-refractivity contribution < 1.29 is 27.7 Å². The van der Waals surface area contributed by atoms with Crippen LogP contribution in [0, 0.1) is 0 Å². The molecule has 0 atom stereocenters. The van der Waals surface area contributed by atoms with Gasteiger partial charge in [-0.15, -0.1) is 0 Å². The Morgan fingerprint density at radius 3 is 2.41 bits per heavy atom. The highest BCUT2D eigenvalue weighted by molar-refractivity contribution is 7.85. The first-order chi connectivity index (χ1) is 7.86. The molecule has 1 aromatic carbocycles. The molecular weight excluding hydrogens is 248 g/mol. The Kier molecular flexibility index (Phi) is 3.77. The summed E-state index contributed by atoms with van der Waals surface area (Å²) in [6.07, 6.45) is 2.59. The van der Waals surface area contributed by atoms with Crippen LogP contribution in [-0.4, -0.2) is 30.3 Å². The summed E-state index contributed by atoms with van der Waals surface area (Å²) in [4.78, 5) is 20.5. The smallest absolute Gasteiger partial charge is 0.336 e. The van der Waals surface area contributed by atoms with E-state index < -0.39 is 21.0 Å². The topological polar surface area (TPSA) is 109 Å². The summed E-state index contributed by atoms with van der Waals surface area (Å²) in [6, 6.07) is 2.98. The number of aromatic carboxylic acids is 1. The molecule has 0 heterocycles. The Morgan fingerprint density at radius 2 is 1.94 bits per heavy atom. The monoisotopic (exact) mass is 256 g/mol. The second-order valence-electron chi connectivity index (χ2n) is 3.02. The number of aldehydes is 1. The van der Waals surface area contributed by atoms with Gasteiger partial charge in [0.15, 0.2) is 0 Å². The predicted molar refractivity (Wildman–Crippen MR) is 58.3 cm³/mol. The fourth-order valence-corrected chi connectivity index (χ4v) is 1.69. The number of hydrogen-bond donors (Lipinski definition) is 2. The van der Waals surface area contributed by atoms with E-state index >= 15 is 0 Å². The Labute approximate surface area is 96.9 Å². The number of carboxylic acid groups (broad SMARTS) is 1. The minimum absolute atomic E-state index is 0.0136. The highest BCUT2D eigenvalue weighted by atomic mass is 32.2. The number of benzene rings is 1. The quantitative estimate of drug-likeness (QED) is 0.469. The van der Waals surface area contributed by atoms with Crippen molar-refractivity contribution in [3.8, 4) is 0 Å². The van der Waals surface area contributed by atoms with Crippen LogP contribution in [-0.2, 0) is 14.9 Å². The molecule has 0 aliphatic carbocycles. The zero-order valence-corrected chi connectivity index (χ0v) is 9.22. The van der Waals surface area contributed by atoms with E-state index in [0.717, 1.165) is 30.4 Å². The van der Waals surface area contributed by atoms with Crippen molar-refractivity contribution in [2.24, 2.45) is 0 Å². The van der Waals surface area contributed by atoms with Crippen LogP contribution >= 0.6 is 0 Å². The van der Waals surface area contributed by atoms with Gasteiger partial charge in [0.1, 0.15) is 6.29 Å². The molecule has 17 heavy (non-hydrogen) atoms. The highest BCUT2D eigenvalue weighted by Crippen LogP contribution is 2.17. The molecule has 1 rings (SSSR count). The van der Waals surface area contributed by atoms with Gasteiger partial charge in [0.2, 0.25) is 0 Å². The minimum atomic E-state index is -4.41. The number of rotatable bonds is 4. The Morgan fingerprint density at radius 1 is 1.29 bits per heavy atom. The van der Waals surface area contributed by atoms with Crippen LogP contribution in [0.1, 0.15) is 15.9 Å². The van der Waals surface area contributed by atoms with E-state index in [1.54, 1.807) is 0 Å². The molecule has 0 spiro atoms. The molecule has 2 N–H and O–H groups in total. The second-order valence-corrected chi connectivity index (χ2v) is 4.45. The van der Waals surface area contributed by atoms with Crippen LogP contribution in [0.4, 0.5) is 0 Å². The van der Waals surface area contributed by atoms with E-state index in [4.69, 9.17) is 9.66 Å². The van der Waals surface area contributed by atoms with Gasteiger partial charge in [-0.3, -0.25) is 9.35 Å². The van der Waals surface area contributed by atoms with Crippen molar-refractivity contribution >= 4 is 28.4 Å². The molecule has 0 unspecified atom stereocenters. The van der Waals surface area contributed by atoms with Crippen LogP contribution in [0.3, 0.4) is 0 Å². The van der Waals surface area contributed by atoms with Gasteiger partial charge in [0.05, 0.1) is 10.5 Å². The van der Waals surface area contributed by atoms with E-state index in [1.165, 1.54) is 0 Å². The van der Waals surface area contributed by atoms with Crippen molar-refractivity contribution in [1.29, 1.82) is 0 Å². The lowest BCUT2D eigenvalue weighted by Crippen LogP contribution is -2.03. The molecule has 0 bridgehead atoms. The third kappa shape index (κ3) is 3.23. The molecule has 0 aromatic heterocycles. The Balaban J connectivity index is 3.44. The maximum Gasteiger partial charge on any atom is 0.336 e. The number of carbonyl (C=O) groups excluding carboxylic acids is 1. The molecule has 0 saturated carbocycles. The standard InChI is InChI=1S/C10H8O6S/c11-5-1-2-7-6-8(17(14,15)16)3-4-9(7)10(12)13/h1-6H,(H,12,13)(H,14,15,16). The Hall–Kier alpha value is -1.99. The SMILES string of the molecule is O=CC=Cc1cc(S(=O)(=O)O)ccc1C(=O)O. The summed E-state index contributed by atoms with van der Waals surface area (Å²) >= 11 is 0. The molecule has 0 aliphatic heterocycles. The van der Waals surface area contributed by atoms with E-state index in [0.29, 0.717) is 6.29 Å². The second kappa shape index (κ2) is 4.89. The summed E-state index contributed by atoms with van der Waals surface area (Å²) < 4.78 is 30.5. The third-order valence-electron chi connectivity index (χ3n) is 1.91. The molecule has 6 nitrogen and oxygen atoms in total. The third-order valence-corrected chi connectivity index (χ3v) is 2.76. The number of allylic oxidation sites excluding steroid dienone is 1. The molecule has 0 radical (unpaired) electrons. The highest BCUT2D eigenvalue weighted by Gasteiger charge is 2.14. The molecule has 0 saturated heterocycles. The van der Waals surface area contributed by atoms with E-state index in [2.05, 4.69) is 0 Å². The fourth-order valence-electron chi connectivity index (χ4n) is 1.18. The first-order valence-corrected chi connectivity index (χ1v) is 5.77. The van der Waals surface area contributed by atoms with Crippen LogP contribution in [0.5, 0.6) is 0 Å². The molecular formula is C10H8O6S. The largest absolute Gasteiger partial charge is 0.478 e. The van der Waals surface area contributed by atoms with E-state index in [-0.39, 0.29) is 11.1 Å². The van der Waals surface area contributed by atoms with E-state index in [1.807, 2.05) is 0 Å². The molecule has 0 amide bonds. The lowest BCUT2D eigenvalue weighted by Gasteiger charge is -2.03. The molecule has 0 aliphatic rings. The molecule has 1 aromatic rings. The van der Waals surface area contributed by atoms with Gasteiger partial charge in [-0.25, -0.2) is 4.79 Å². The van der Waals surface area contributed by atoms with Gasteiger partial charge in [-0.05, 0) is 29.8 Å². The normalized spacial score (nSPS) is 11.6. The summed E-state index contributed by atoms with van der Waals surface area (Å²) in [5.41, 5.74) is -0.157.